The van der Waals surface area contributed by atoms with Gasteiger partial charge in [0.25, 0.3) is 11.8 Å². The maximum absolute atomic E-state index is 11.7. The minimum absolute atomic E-state index is 0.0180. The van der Waals surface area contributed by atoms with Crippen LogP contribution in [0.1, 0.15) is 30.1 Å². The van der Waals surface area contributed by atoms with Crippen molar-refractivity contribution < 1.29 is 19.4 Å². The molecule has 6 nitrogen and oxygen atoms in total. The largest absolute Gasteiger partial charge is 0.483 e. The zero-order chi connectivity index (χ0) is 15.0. The van der Waals surface area contributed by atoms with Crippen LogP contribution in [-0.4, -0.2) is 36.2 Å². The van der Waals surface area contributed by atoms with Crippen LogP contribution in [0.25, 0.3) is 0 Å². The van der Waals surface area contributed by atoms with E-state index in [1.54, 1.807) is 18.2 Å². The molecule has 0 saturated carbocycles. The second kappa shape index (κ2) is 8.16. The summed E-state index contributed by atoms with van der Waals surface area (Å²) < 4.78 is 5.31. The van der Waals surface area contributed by atoms with Crippen molar-refractivity contribution in [2.75, 3.05) is 13.2 Å². The van der Waals surface area contributed by atoms with Crippen molar-refractivity contribution in [2.24, 2.45) is 5.73 Å². The Kier molecular flexibility index (Phi) is 6.52. The third kappa shape index (κ3) is 4.89. The summed E-state index contributed by atoms with van der Waals surface area (Å²) in [6.07, 6.45) is 1.23. The summed E-state index contributed by atoms with van der Waals surface area (Å²) in [5, 5.41) is 11.6. The Balaban J connectivity index is 2.55. The van der Waals surface area contributed by atoms with Crippen LogP contribution in [0.15, 0.2) is 24.3 Å². The predicted octanol–water partition coefficient (Wildman–Crippen LogP) is 0.441. The number of hydrogen-bond acceptors (Lipinski definition) is 4. The number of aliphatic hydroxyl groups excluding tert-OH is 1. The highest BCUT2D eigenvalue weighted by molar-refractivity contribution is 5.95. The van der Waals surface area contributed by atoms with Gasteiger partial charge in [-0.05, 0) is 25.0 Å². The van der Waals surface area contributed by atoms with Crippen LogP contribution in [0.3, 0.4) is 0 Å². The van der Waals surface area contributed by atoms with Gasteiger partial charge in [0, 0.05) is 12.6 Å². The van der Waals surface area contributed by atoms with Gasteiger partial charge in [-0.3, -0.25) is 9.59 Å². The number of primary amides is 1. The van der Waals surface area contributed by atoms with Crippen LogP contribution in [0.2, 0.25) is 0 Å². The second-order valence-electron chi connectivity index (χ2n) is 4.33. The second-order valence-corrected chi connectivity index (χ2v) is 4.33. The van der Waals surface area contributed by atoms with Gasteiger partial charge in [0.15, 0.2) is 6.61 Å². The monoisotopic (exact) mass is 280 g/mol. The predicted molar refractivity (Wildman–Crippen MR) is 74.4 cm³/mol. The van der Waals surface area contributed by atoms with E-state index in [-0.39, 0.29) is 36.5 Å². The molecule has 1 unspecified atom stereocenters. The van der Waals surface area contributed by atoms with Gasteiger partial charge in [0.05, 0.1) is 5.56 Å². The number of carbonyl (C=O) groups excluding carboxylic acids is 2. The third-order valence-corrected chi connectivity index (χ3v) is 2.85. The molecule has 0 saturated heterocycles. The molecule has 2 amide bonds. The van der Waals surface area contributed by atoms with E-state index in [0.717, 1.165) is 6.42 Å². The van der Waals surface area contributed by atoms with E-state index in [1.165, 1.54) is 6.07 Å². The maximum Gasteiger partial charge on any atom is 0.258 e. The van der Waals surface area contributed by atoms with Crippen LogP contribution < -0.4 is 15.8 Å². The first-order chi connectivity index (χ1) is 9.58. The molecule has 0 heterocycles. The SMILES string of the molecule is CCC(CCO)NC(=O)COc1ccccc1C(N)=O. The first-order valence-corrected chi connectivity index (χ1v) is 6.50. The summed E-state index contributed by atoms with van der Waals surface area (Å²) in [6, 6.07) is 6.40. The van der Waals surface area contributed by atoms with Gasteiger partial charge in [-0.25, -0.2) is 0 Å². The van der Waals surface area contributed by atoms with Crippen LogP contribution in [0, 0.1) is 0 Å². The molecule has 0 aliphatic rings. The van der Waals surface area contributed by atoms with E-state index >= 15 is 0 Å². The lowest BCUT2D eigenvalue weighted by Gasteiger charge is -2.16. The van der Waals surface area contributed by atoms with Crippen LogP contribution >= 0.6 is 0 Å². The van der Waals surface area contributed by atoms with Gasteiger partial charge in [-0.15, -0.1) is 0 Å². The topological polar surface area (TPSA) is 102 Å². The van der Waals surface area contributed by atoms with Crippen molar-refractivity contribution in [3.63, 3.8) is 0 Å². The normalized spacial score (nSPS) is 11.7. The third-order valence-electron chi connectivity index (χ3n) is 2.85. The molecule has 0 radical (unpaired) electrons. The fraction of sp³-hybridized carbons (Fsp3) is 0.429. The van der Waals surface area contributed by atoms with Crippen molar-refractivity contribution in [2.45, 2.75) is 25.8 Å². The summed E-state index contributed by atoms with van der Waals surface area (Å²) in [4.78, 5) is 22.9. The molecule has 1 rings (SSSR count). The van der Waals surface area contributed by atoms with Crippen molar-refractivity contribution in [3.05, 3.63) is 29.8 Å². The molecular formula is C14H20N2O4. The molecule has 0 aromatic heterocycles. The van der Waals surface area contributed by atoms with Crippen LogP contribution in [-0.2, 0) is 4.79 Å². The van der Waals surface area contributed by atoms with E-state index in [9.17, 15) is 9.59 Å². The van der Waals surface area contributed by atoms with Crippen molar-refractivity contribution >= 4 is 11.8 Å². The molecule has 0 fully saturated rings. The lowest BCUT2D eigenvalue weighted by atomic mass is 10.1. The summed E-state index contributed by atoms with van der Waals surface area (Å²) in [7, 11) is 0. The molecule has 1 aromatic rings. The number of carbonyl (C=O) groups is 2. The average Bonchev–Trinajstić information content (AvgIpc) is 2.44. The van der Waals surface area contributed by atoms with Gasteiger partial charge >= 0.3 is 0 Å². The van der Waals surface area contributed by atoms with Crippen molar-refractivity contribution in [1.82, 2.24) is 5.32 Å². The average molecular weight is 280 g/mol. The van der Waals surface area contributed by atoms with Crippen LogP contribution in [0.5, 0.6) is 5.75 Å². The number of aliphatic hydroxyl groups is 1. The molecule has 0 bridgehead atoms. The maximum atomic E-state index is 11.7. The number of ether oxygens (including phenoxy) is 1. The molecule has 0 aliphatic heterocycles. The lowest BCUT2D eigenvalue weighted by Crippen LogP contribution is -2.38. The van der Waals surface area contributed by atoms with E-state index < -0.39 is 5.91 Å². The molecule has 4 N–H and O–H groups in total. The molecule has 6 heteroatoms. The molecule has 0 spiro atoms. The summed E-state index contributed by atoms with van der Waals surface area (Å²) in [6.45, 7) is 1.74. The smallest absolute Gasteiger partial charge is 0.258 e. The Morgan fingerprint density at radius 3 is 2.70 bits per heavy atom. The molecular weight excluding hydrogens is 260 g/mol. The minimum atomic E-state index is -0.604. The standard InChI is InChI=1S/C14H20N2O4/c1-2-10(7-8-17)16-13(18)9-20-12-6-4-3-5-11(12)14(15)19/h3-6,10,17H,2,7-9H2,1H3,(H2,15,19)(H,16,18). The fourth-order valence-corrected chi connectivity index (χ4v) is 1.74. The summed E-state index contributed by atoms with van der Waals surface area (Å²) in [5.74, 6) is -0.623. The summed E-state index contributed by atoms with van der Waals surface area (Å²) >= 11 is 0. The van der Waals surface area contributed by atoms with Gasteiger partial charge in [0.2, 0.25) is 0 Å². The minimum Gasteiger partial charge on any atom is -0.483 e. The first kappa shape index (κ1) is 16.0. The molecule has 20 heavy (non-hydrogen) atoms. The first-order valence-electron chi connectivity index (χ1n) is 6.50. The number of nitrogens with one attached hydrogen (secondary N) is 1. The van der Waals surface area contributed by atoms with E-state index in [1.807, 2.05) is 6.92 Å². The number of amides is 2. The zero-order valence-electron chi connectivity index (χ0n) is 11.5. The lowest BCUT2D eigenvalue weighted by molar-refractivity contribution is -0.123. The van der Waals surface area contributed by atoms with Crippen molar-refractivity contribution in [3.8, 4) is 5.75 Å². The van der Waals surface area contributed by atoms with Gasteiger partial charge in [-0.1, -0.05) is 19.1 Å². The van der Waals surface area contributed by atoms with E-state index in [2.05, 4.69) is 5.32 Å². The van der Waals surface area contributed by atoms with E-state index in [0.29, 0.717) is 6.42 Å². The Bertz CT molecular complexity index is 462. The van der Waals surface area contributed by atoms with E-state index in [4.69, 9.17) is 15.6 Å². The van der Waals surface area contributed by atoms with Crippen molar-refractivity contribution in [1.29, 1.82) is 0 Å². The highest BCUT2D eigenvalue weighted by Gasteiger charge is 2.13. The number of nitrogens with two attached hydrogens (primary N) is 1. The molecule has 1 aromatic carbocycles. The highest BCUT2D eigenvalue weighted by atomic mass is 16.5. The van der Waals surface area contributed by atoms with Crippen LogP contribution in [0.4, 0.5) is 0 Å². The van der Waals surface area contributed by atoms with Gasteiger partial charge < -0.3 is 20.9 Å². The Labute approximate surface area is 117 Å². The summed E-state index contributed by atoms with van der Waals surface area (Å²) in [5.41, 5.74) is 5.45. The Hall–Kier alpha value is -2.08. The zero-order valence-corrected chi connectivity index (χ0v) is 11.5. The molecule has 0 aliphatic carbocycles. The quantitative estimate of drug-likeness (QED) is 0.643. The number of benzene rings is 1. The number of para-hydroxylation sites is 1. The number of rotatable bonds is 8. The Morgan fingerprint density at radius 2 is 2.10 bits per heavy atom. The number of hydrogen-bond donors (Lipinski definition) is 3. The molecule has 110 valence electrons. The van der Waals surface area contributed by atoms with Gasteiger partial charge in [0.1, 0.15) is 5.75 Å². The van der Waals surface area contributed by atoms with Gasteiger partial charge in [-0.2, -0.15) is 0 Å². The fourth-order valence-electron chi connectivity index (χ4n) is 1.74. The Morgan fingerprint density at radius 1 is 1.40 bits per heavy atom. The highest BCUT2D eigenvalue weighted by Crippen LogP contribution is 2.16. The molecule has 1 atom stereocenters.